The highest BCUT2D eigenvalue weighted by atomic mass is 32.2. The van der Waals surface area contributed by atoms with E-state index in [0.29, 0.717) is 18.7 Å². The summed E-state index contributed by atoms with van der Waals surface area (Å²) in [6.07, 6.45) is 1.64. The summed E-state index contributed by atoms with van der Waals surface area (Å²) in [5.41, 5.74) is 1.61. The number of nitrogens with zero attached hydrogens (tertiary/aromatic N) is 1. The molecule has 0 spiro atoms. The summed E-state index contributed by atoms with van der Waals surface area (Å²) in [5.74, 6) is -1.16. The van der Waals surface area contributed by atoms with Crippen LogP contribution in [0.4, 0.5) is 0 Å². The van der Waals surface area contributed by atoms with E-state index in [4.69, 9.17) is 4.74 Å². The van der Waals surface area contributed by atoms with Crippen molar-refractivity contribution in [3.8, 4) is 0 Å². The Morgan fingerprint density at radius 1 is 1.03 bits per heavy atom. The van der Waals surface area contributed by atoms with Crippen LogP contribution in [0.2, 0.25) is 0 Å². The van der Waals surface area contributed by atoms with Gasteiger partial charge in [0.05, 0.1) is 16.5 Å². The number of carbonyl (C=O) groups is 2. The number of esters is 1. The minimum absolute atomic E-state index is 0.0622. The Kier molecular flexibility index (Phi) is 9.41. The number of benzene rings is 2. The van der Waals surface area contributed by atoms with Crippen molar-refractivity contribution in [3.63, 3.8) is 0 Å². The molecule has 2 aromatic rings. The van der Waals surface area contributed by atoms with Crippen molar-refractivity contribution >= 4 is 21.9 Å². The van der Waals surface area contributed by atoms with E-state index in [0.717, 1.165) is 18.4 Å². The van der Waals surface area contributed by atoms with Gasteiger partial charge in [-0.25, -0.2) is 13.2 Å². The number of sulfonamides is 1. The van der Waals surface area contributed by atoms with Gasteiger partial charge >= 0.3 is 5.97 Å². The third-order valence-corrected chi connectivity index (χ3v) is 7.39. The number of hydrogen-bond acceptors (Lipinski definition) is 5. The zero-order valence-electron chi connectivity index (χ0n) is 19.1. The summed E-state index contributed by atoms with van der Waals surface area (Å²) < 4.78 is 32.3. The molecule has 0 heterocycles. The van der Waals surface area contributed by atoms with E-state index < -0.39 is 28.5 Å². The van der Waals surface area contributed by atoms with E-state index in [1.807, 2.05) is 37.3 Å². The molecule has 2 rings (SSSR count). The van der Waals surface area contributed by atoms with Crippen molar-refractivity contribution in [3.05, 3.63) is 65.2 Å². The summed E-state index contributed by atoms with van der Waals surface area (Å²) in [6.45, 7) is 7.43. The SMILES string of the molecule is CCCC(NC(=O)COC(=O)c1ccc(C)c(S(=O)(=O)N(CC)CC)c1)c1ccccc1. The van der Waals surface area contributed by atoms with Crippen molar-refractivity contribution < 1.29 is 22.7 Å². The minimum atomic E-state index is -3.73. The first-order valence-electron chi connectivity index (χ1n) is 10.9. The van der Waals surface area contributed by atoms with Crippen molar-refractivity contribution in [2.24, 2.45) is 0 Å². The van der Waals surface area contributed by atoms with Crippen LogP contribution in [0.3, 0.4) is 0 Å². The van der Waals surface area contributed by atoms with Crippen LogP contribution in [0.1, 0.15) is 61.1 Å². The third-order valence-electron chi connectivity index (χ3n) is 5.20. The molecule has 0 aliphatic rings. The number of amides is 1. The second-order valence-corrected chi connectivity index (χ2v) is 9.37. The zero-order chi connectivity index (χ0) is 23.7. The molecule has 0 aliphatic heterocycles. The molecule has 1 atom stereocenters. The minimum Gasteiger partial charge on any atom is -0.452 e. The van der Waals surface area contributed by atoms with Crippen LogP contribution < -0.4 is 5.32 Å². The maximum Gasteiger partial charge on any atom is 0.338 e. The molecule has 2 aromatic carbocycles. The molecule has 1 unspecified atom stereocenters. The first-order valence-corrected chi connectivity index (χ1v) is 12.3. The Labute approximate surface area is 190 Å². The van der Waals surface area contributed by atoms with E-state index in [2.05, 4.69) is 5.32 Å². The zero-order valence-corrected chi connectivity index (χ0v) is 19.9. The fraction of sp³-hybridized carbons (Fsp3) is 0.417. The van der Waals surface area contributed by atoms with Gasteiger partial charge in [0, 0.05) is 13.1 Å². The average molecular weight is 461 g/mol. The predicted molar refractivity (Wildman–Crippen MR) is 124 cm³/mol. The normalized spacial score (nSPS) is 12.4. The lowest BCUT2D eigenvalue weighted by Gasteiger charge is -2.20. The molecule has 32 heavy (non-hydrogen) atoms. The quantitative estimate of drug-likeness (QED) is 0.514. The van der Waals surface area contributed by atoms with Gasteiger partial charge < -0.3 is 10.1 Å². The lowest BCUT2D eigenvalue weighted by atomic mass is 10.0. The summed E-state index contributed by atoms with van der Waals surface area (Å²) in [5, 5.41) is 2.90. The van der Waals surface area contributed by atoms with Gasteiger partial charge in [0.1, 0.15) is 0 Å². The number of carbonyl (C=O) groups excluding carboxylic acids is 2. The molecular formula is C24H32N2O5S. The Morgan fingerprint density at radius 2 is 1.69 bits per heavy atom. The Balaban J connectivity index is 2.09. The van der Waals surface area contributed by atoms with Gasteiger partial charge in [0.15, 0.2) is 6.61 Å². The second kappa shape index (κ2) is 11.8. The summed E-state index contributed by atoms with van der Waals surface area (Å²) in [6, 6.07) is 13.8. The monoisotopic (exact) mass is 460 g/mol. The maximum atomic E-state index is 12.9. The highest BCUT2D eigenvalue weighted by molar-refractivity contribution is 7.89. The Hall–Kier alpha value is -2.71. The van der Waals surface area contributed by atoms with E-state index in [9.17, 15) is 18.0 Å². The number of aryl methyl sites for hydroxylation is 1. The lowest BCUT2D eigenvalue weighted by Crippen LogP contribution is -2.32. The van der Waals surface area contributed by atoms with Crippen molar-refractivity contribution in [2.75, 3.05) is 19.7 Å². The van der Waals surface area contributed by atoms with E-state index >= 15 is 0 Å². The van der Waals surface area contributed by atoms with Crippen molar-refractivity contribution in [1.29, 1.82) is 0 Å². The molecule has 0 aliphatic carbocycles. The number of hydrogen-bond donors (Lipinski definition) is 1. The molecule has 7 nitrogen and oxygen atoms in total. The molecule has 1 amide bonds. The molecular weight excluding hydrogens is 428 g/mol. The van der Waals surface area contributed by atoms with Gasteiger partial charge in [-0.1, -0.05) is 63.6 Å². The topological polar surface area (TPSA) is 92.8 Å². The van der Waals surface area contributed by atoms with Gasteiger partial charge in [-0.15, -0.1) is 0 Å². The molecule has 8 heteroatoms. The Bertz CT molecular complexity index is 1020. The Morgan fingerprint density at radius 3 is 2.28 bits per heavy atom. The molecule has 0 fully saturated rings. The predicted octanol–water partition coefficient (Wildman–Crippen LogP) is 3.84. The summed E-state index contributed by atoms with van der Waals surface area (Å²) >= 11 is 0. The maximum absolute atomic E-state index is 12.9. The molecule has 0 saturated carbocycles. The molecule has 0 saturated heterocycles. The van der Waals surface area contributed by atoms with Gasteiger partial charge in [-0.2, -0.15) is 4.31 Å². The van der Waals surface area contributed by atoms with E-state index in [-0.39, 0.29) is 16.5 Å². The van der Waals surface area contributed by atoms with Gasteiger partial charge in [0.2, 0.25) is 10.0 Å². The number of rotatable bonds is 11. The second-order valence-electron chi connectivity index (χ2n) is 7.47. The van der Waals surface area contributed by atoms with Gasteiger partial charge in [-0.3, -0.25) is 4.79 Å². The van der Waals surface area contributed by atoms with Crippen LogP contribution in [0.15, 0.2) is 53.4 Å². The first-order chi connectivity index (χ1) is 15.2. The smallest absolute Gasteiger partial charge is 0.338 e. The molecule has 0 bridgehead atoms. The van der Waals surface area contributed by atoms with Crippen LogP contribution in [0.5, 0.6) is 0 Å². The third kappa shape index (κ3) is 6.40. The average Bonchev–Trinajstić information content (AvgIpc) is 2.78. The number of nitrogens with one attached hydrogen (secondary N) is 1. The molecule has 1 N–H and O–H groups in total. The largest absolute Gasteiger partial charge is 0.452 e. The van der Waals surface area contributed by atoms with Crippen LogP contribution >= 0.6 is 0 Å². The highest BCUT2D eigenvalue weighted by Crippen LogP contribution is 2.22. The highest BCUT2D eigenvalue weighted by Gasteiger charge is 2.25. The fourth-order valence-electron chi connectivity index (χ4n) is 3.45. The van der Waals surface area contributed by atoms with E-state index in [1.54, 1.807) is 26.8 Å². The molecule has 0 aromatic heterocycles. The first kappa shape index (κ1) is 25.5. The lowest BCUT2D eigenvalue weighted by molar-refractivity contribution is -0.125. The van der Waals surface area contributed by atoms with Crippen LogP contribution in [-0.4, -0.2) is 44.3 Å². The van der Waals surface area contributed by atoms with Crippen LogP contribution in [0, 0.1) is 6.92 Å². The van der Waals surface area contributed by atoms with Gasteiger partial charge in [-0.05, 0) is 36.6 Å². The van der Waals surface area contributed by atoms with Crippen LogP contribution in [-0.2, 0) is 19.6 Å². The fourth-order valence-corrected chi connectivity index (χ4v) is 5.16. The number of ether oxygens (including phenoxy) is 1. The molecule has 0 radical (unpaired) electrons. The molecule has 174 valence electrons. The van der Waals surface area contributed by atoms with Gasteiger partial charge in [0.25, 0.3) is 5.91 Å². The standard InChI is InChI=1S/C24H32N2O5S/c1-5-11-21(19-12-9-8-10-13-19)25-23(27)17-31-24(28)20-15-14-18(4)22(16-20)32(29,30)26(6-2)7-3/h8-10,12-16,21H,5-7,11,17H2,1-4H3,(H,25,27). The van der Waals surface area contributed by atoms with E-state index in [1.165, 1.54) is 16.4 Å². The van der Waals surface area contributed by atoms with Crippen molar-refractivity contribution in [1.82, 2.24) is 9.62 Å². The summed E-state index contributed by atoms with van der Waals surface area (Å²) in [7, 11) is -3.73. The van der Waals surface area contributed by atoms with Crippen LogP contribution in [0.25, 0.3) is 0 Å². The van der Waals surface area contributed by atoms with Crippen molar-refractivity contribution in [2.45, 2.75) is 51.5 Å². The summed E-state index contributed by atoms with van der Waals surface area (Å²) in [4.78, 5) is 25.0.